The summed E-state index contributed by atoms with van der Waals surface area (Å²) in [4.78, 5) is 24.2. The van der Waals surface area contributed by atoms with Crippen LogP contribution in [-0.2, 0) is 16.0 Å². The first-order chi connectivity index (χ1) is 8.00. The topological polar surface area (TPSA) is 49.4 Å². The zero-order chi connectivity index (χ0) is 12.8. The van der Waals surface area contributed by atoms with E-state index in [9.17, 15) is 9.59 Å². The third kappa shape index (κ3) is 4.44. The van der Waals surface area contributed by atoms with Gasteiger partial charge in [0.15, 0.2) is 0 Å². The second-order valence-corrected chi connectivity index (χ2v) is 4.24. The molecule has 0 fully saturated rings. The average Bonchev–Trinajstić information content (AvgIpc) is 2.29. The van der Waals surface area contributed by atoms with Crippen LogP contribution >= 0.6 is 11.6 Å². The lowest BCUT2D eigenvalue weighted by Gasteiger charge is -2.11. The van der Waals surface area contributed by atoms with E-state index in [0.29, 0.717) is 5.02 Å². The van der Waals surface area contributed by atoms with Gasteiger partial charge < -0.3 is 10.2 Å². The van der Waals surface area contributed by atoms with E-state index in [1.165, 1.54) is 4.90 Å². The van der Waals surface area contributed by atoms with Gasteiger partial charge in [0.1, 0.15) is 0 Å². The molecule has 0 heterocycles. The van der Waals surface area contributed by atoms with Gasteiger partial charge in [0, 0.05) is 19.1 Å². The van der Waals surface area contributed by atoms with Gasteiger partial charge in [-0.2, -0.15) is 0 Å². The first kappa shape index (κ1) is 13.5. The number of halogens is 1. The van der Waals surface area contributed by atoms with E-state index < -0.39 is 0 Å². The van der Waals surface area contributed by atoms with Crippen LogP contribution in [0.4, 0.5) is 0 Å². The van der Waals surface area contributed by atoms with Gasteiger partial charge in [0.05, 0.1) is 13.0 Å². The fraction of sp³-hybridized carbons (Fsp3) is 0.333. The Hall–Kier alpha value is -1.55. The fourth-order valence-corrected chi connectivity index (χ4v) is 1.41. The van der Waals surface area contributed by atoms with Crippen molar-refractivity contribution in [2.75, 3.05) is 20.6 Å². The largest absolute Gasteiger partial charge is 0.347 e. The van der Waals surface area contributed by atoms with Crippen molar-refractivity contribution in [3.63, 3.8) is 0 Å². The van der Waals surface area contributed by atoms with Crippen molar-refractivity contribution < 1.29 is 9.59 Å². The van der Waals surface area contributed by atoms with Crippen LogP contribution in [0.5, 0.6) is 0 Å². The molecule has 0 aliphatic heterocycles. The molecule has 17 heavy (non-hydrogen) atoms. The smallest absolute Gasteiger partial charge is 0.241 e. The lowest BCUT2D eigenvalue weighted by Crippen LogP contribution is -2.36. The van der Waals surface area contributed by atoms with Crippen molar-refractivity contribution in [3.05, 3.63) is 34.9 Å². The predicted molar refractivity (Wildman–Crippen MR) is 66.9 cm³/mol. The molecule has 4 nitrogen and oxygen atoms in total. The van der Waals surface area contributed by atoms with Gasteiger partial charge in [-0.15, -0.1) is 0 Å². The predicted octanol–water partition coefficient (Wildman–Crippen LogP) is 1.09. The van der Waals surface area contributed by atoms with Crippen LogP contribution in [0.3, 0.4) is 0 Å². The third-order valence-electron chi connectivity index (χ3n) is 2.24. The number of carbonyl (C=O) groups excluding carboxylic acids is 2. The molecule has 2 amide bonds. The van der Waals surface area contributed by atoms with Gasteiger partial charge in [-0.1, -0.05) is 29.8 Å². The molecule has 1 N–H and O–H groups in total. The molecule has 0 radical (unpaired) electrons. The summed E-state index contributed by atoms with van der Waals surface area (Å²) in [7, 11) is 3.28. The van der Waals surface area contributed by atoms with Crippen LogP contribution in [0.25, 0.3) is 0 Å². The summed E-state index contributed by atoms with van der Waals surface area (Å²) >= 11 is 5.93. The molecule has 0 saturated carbocycles. The van der Waals surface area contributed by atoms with Crippen LogP contribution in [0.1, 0.15) is 5.56 Å². The van der Waals surface area contributed by atoms with Gasteiger partial charge in [-0.05, 0) is 11.6 Å². The quantitative estimate of drug-likeness (QED) is 0.874. The number of hydrogen-bond acceptors (Lipinski definition) is 2. The van der Waals surface area contributed by atoms with Crippen molar-refractivity contribution in [2.45, 2.75) is 6.42 Å². The molecule has 92 valence electrons. The normalized spacial score (nSPS) is 9.82. The van der Waals surface area contributed by atoms with Crippen molar-refractivity contribution in [3.8, 4) is 0 Å². The summed E-state index contributed by atoms with van der Waals surface area (Å²) < 4.78 is 0. The zero-order valence-electron chi connectivity index (χ0n) is 9.87. The summed E-state index contributed by atoms with van der Waals surface area (Å²) in [5.74, 6) is -0.356. The first-order valence-corrected chi connectivity index (χ1v) is 5.58. The Bertz CT molecular complexity index is 419. The molecular formula is C12H15ClN2O2. The van der Waals surface area contributed by atoms with Crippen molar-refractivity contribution in [1.82, 2.24) is 10.2 Å². The molecule has 0 aliphatic rings. The van der Waals surface area contributed by atoms with E-state index in [0.717, 1.165) is 5.56 Å². The first-order valence-electron chi connectivity index (χ1n) is 5.21. The number of nitrogens with one attached hydrogen (secondary N) is 1. The highest BCUT2D eigenvalue weighted by Gasteiger charge is 2.09. The minimum Gasteiger partial charge on any atom is -0.347 e. The third-order valence-corrected chi connectivity index (χ3v) is 2.61. The van der Waals surface area contributed by atoms with E-state index in [2.05, 4.69) is 5.32 Å². The Kier molecular flexibility index (Phi) is 4.97. The number of nitrogens with zero attached hydrogens (tertiary/aromatic N) is 1. The highest BCUT2D eigenvalue weighted by molar-refractivity contribution is 6.31. The Balaban J connectivity index is 2.46. The number of hydrogen-bond donors (Lipinski definition) is 1. The highest BCUT2D eigenvalue weighted by atomic mass is 35.5. The molecule has 1 aromatic carbocycles. The van der Waals surface area contributed by atoms with Crippen molar-refractivity contribution in [1.29, 1.82) is 0 Å². The second-order valence-electron chi connectivity index (χ2n) is 3.83. The zero-order valence-corrected chi connectivity index (χ0v) is 10.6. The van der Waals surface area contributed by atoms with Crippen LogP contribution in [-0.4, -0.2) is 37.4 Å². The number of amides is 2. The number of likely N-dealkylation sites (N-methyl/N-ethyl adjacent to an activating group) is 1. The summed E-state index contributed by atoms with van der Waals surface area (Å²) in [6.07, 6.45) is 0.181. The van der Waals surface area contributed by atoms with Gasteiger partial charge in [-0.3, -0.25) is 9.59 Å². The van der Waals surface area contributed by atoms with E-state index >= 15 is 0 Å². The monoisotopic (exact) mass is 254 g/mol. The van der Waals surface area contributed by atoms with Crippen molar-refractivity contribution in [2.24, 2.45) is 0 Å². The maximum atomic E-state index is 11.6. The Morgan fingerprint density at radius 3 is 2.53 bits per heavy atom. The van der Waals surface area contributed by atoms with Crippen LogP contribution < -0.4 is 5.32 Å². The molecule has 0 aliphatic carbocycles. The van der Waals surface area contributed by atoms with Crippen molar-refractivity contribution >= 4 is 23.4 Å². The second kappa shape index (κ2) is 6.25. The van der Waals surface area contributed by atoms with E-state index in [4.69, 9.17) is 11.6 Å². The molecule has 0 saturated heterocycles. The van der Waals surface area contributed by atoms with Gasteiger partial charge >= 0.3 is 0 Å². The fourth-order valence-electron chi connectivity index (χ4n) is 1.21. The average molecular weight is 255 g/mol. The summed E-state index contributed by atoms with van der Waals surface area (Å²) in [5.41, 5.74) is 0.754. The molecule has 1 rings (SSSR count). The molecule has 0 spiro atoms. The number of benzene rings is 1. The van der Waals surface area contributed by atoms with Crippen LogP contribution in [0, 0.1) is 0 Å². The van der Waals surface area contributed by atoms with Gasteiger partial charge in [0.25, 0.3) is 0 Å². The van der Waals surface area contributed by atoms with Gasteiger partial charge in [-0.25, -0.2) is 0 Å². The van der Waals surface area contributed by atoms with E-state index in [1.807, 2.05) is 6.07 Å². The number of carbonyl (C=O) groups is 2. The minimum absolute atomic E-state index is 0.0102. The van der Waals surface area contributed by atoms with Gasteiger partial charge in [0.2, 0.25) is 11.8 Å². The lowest BCUT2D eigenvalue weighted by molar-refractivity contribution is -0.130. The molecule has 5 heteroatoms. The SMILES string of the molecule is CN(C)C(=O)CNC(=O)Cc1ccccc1Cl. The maximum absolute atomic E-state index is 11.6. The standard InChI is InChI=1S/C12H15ClN2O2/c1-15(2)12(17)8-14-11(16)7-9-5-3-4-6-10(9)13/h3-6H,7-8H2,1-2H3,(H,14,16). The molecule has 0 aromatic heterocycles. The minimum atomic E-state index is -0.215. The summed E-state index contributed by atoms with van der Waals surface area (Å²) in [5, 5.41) is 3.11. The Morgan fingerprint density at radius 1 is 1.29 bits per heavy atom. The van der Waals surface area contributed by atoms with E-state index in [-0.39, 0.29) is 24.8 Å². The summed E-state index contributed by atoms with van der Waals surface area (Å²) in [6, 6.07) is 7.14. The Labute approximate surface area is 106 Å². The lowest BCUT2D eigenvalue weighted by atomic mass is 10.1. The molecule has 0 unspecified atom stereocenters. The molecule has 0 atom stereocenters. The molecule has 0 bridgehead atoms. The Morgan fingerprint density at radius 2 is 1.94 bits per heavy atom. The summed E-state index contributed by atoms with van der Waals surface area (Å²) in [6.45, 7) is 0.0102. The van der Waals surface area contributed by atoms with E-state index in [1.54, 1.807) is 32.3 Å². The molecular weight excluding hydrogens is 240 g/mol. The maximum Gasteiger partial charge on any atom is 0.241 e. The molecule has 1 aromatic rings. The highest BCUT2D eigenvalue weighted by Crippen LogP contribution is 2.14. The number of rotatable bonds is 4. The van der Waals surface area contributed by atoms with Crippen LogP contribution in [0.2, 0.25) is 5.02 Å². The van der Waals surface area contributed by atoms with Crippen LogP contribution in [0.15, 0.2) is 24.3 Å².